The molecule has 0 bridgehead atoms. The summed E-state index contributed by atoms with van der Waals surface area (Å²) in [6, 6.07) is 22.4. The molecule has 2 aromatic heterocycles. The molecule has 6 nitrogen and oxygen atoms in total. The maximum Gasteiger partial charge on any atom is 0.250 e. The Bertz CT molecular complexity index is 1140. The van der Waals surface area contributed by atoms with Crippen LogP contribution in [0.2, 0.25) is 5.02 Å². The lowest BCUT2D eigenvalue weighted by molar-refractivity contribution is -0.00243. The number of hydrogen-bond acceptors (Lipinski definition) is 5. The molecule has 7 heteroatoms. The first-order valence-corrected chi connectivity index (χ1v) is 11.2. The smallest absolute Gasteiger partial charge is 0.250 e. The van der Waals surface area contributed by atoms with Gasteiger partial charge in [-0.05, 0) is 42.7 Å². The molecule has 0 saturated carbocycles. The van der Waals surface area contributed by atoms with Crippen molar-refractivity contribution in [1.82, 2.24) is 25.1 Å². The van der Waals surface area contributed by atoms with Gasteiger partial charge in [0.25, 0.3) is 5.95 Å². The Balaban J connectivity index is 1.34. The highest BCUT2D eigenvalue weighted by molar-refractivity contribution is 6.30. The zero-order valence-electron chi connectivity index (χ0n) is 17.6. The molecule has 1 fully saturated rings. The molecule has 0 radical (unpaired) electrons. The molecule has 2 aromatic carbocycles. The SMILES string of the molecule is Clc1ccc(-c2cc(C3CNC(CCc4ccccc4)CO3)n(-c3ncccn3)n2)cc1. The van der Waals surface area contributed by atoms with Crippen molar-refractivity contribution < 1.29 is 4.74 Å². The maximum absolute atomic E-state index is 6.30. The van der Waals surface area contributed by atoms with Crippen LogP contribution in [-0.2, 0) is 11.2 Å². The monoisotopic (exact) mass is 445 g/mol. The van der Waals surface area contributed by atoms with Crippen LogP contribution in [0.15, 0.2) is 79.1 Å². The van der Waals surface area contributed by atoms with Crippen molar-refractivity contribution in [3.05, 3.63) is 95.4 Å². The number of hydrogen-bond donors (Lipinski definition) is 1. The Morgan fingerprint density at radius 2 is 1.78 bits per heavy atom. The fourth-order valence-electron chi connectivity index (χ4n) is 3.93. The topological polar surface area (TPSA) is 64.9 Å². The van der Waals surface area contributed by atoms with E-state index < -0.39 is 0 Å². The first-order chi connectivity index (χ1) is 15.8. The second-order valence-corrected chi connectivity index (χ2v) is 8.31. The lowest BCUT2D eigenvalue weighted by Gasteiger charge is -2.30. The van der Waals surface area contributed by atoms with Gasteiger partial charge < -0.3 is 10.1 Å². The quantitative estimate of drug-likeness (QED) is 0.468. The normalized spacial score (nSPS) is 18.5. The third-order valence-electron chi connectivity index (χ3n) is 5.66. The molecular weight excluding hydrogens is 422 g/mol. The van der Waals surface area contributed by atoms with Gasteiger partial charge in [-0.1, -0.05) is 54.1 Å². The molecule has 162 valence electrons. The fraction of sp³-hybridized carbons (Fsp3) is 0.240. The Labute approximate surface area is 192 Å². The van der Waals surface area contributed by atoms with Crippen molar-refractivity contribution in [3.8, 4) is 17.2 Å². The summed E-state index contributed by atoms with van der Waals surface area (Å²) in [4.78, 5) is 8.79. The van der Waals surface area contributed by atoms with Gasteiger partial charge in [-0.2, -0.15) is 9.78 Å². The van der Waals surface area contributed by atoms with Gasteiger partial charge in [-0.25, -0.2) is 9.97 Å². The van der Waals surface area contributed by atoms with Gasteiger partial charge >= 0.3 is 0 Å². The second kappa shape index (κ2) is 9.61. The van der Waals surface area contributed by atoms with Crippen LogP contribution in [-0.4, -0.2) is 38.9 Å². The van der Waals surface area contributed by atoms with Gasteiger partial charge in [0.1, 0.15) is 6.10 Å². The molecule has 4 aromatic rings. The number of benzene rings is 2. The highest BCUT2D eigenvalue weighted by Crippen LogP contribution is 2.28. The molecule has 1 saturated heterocycles. The average Bonchev–Trinajstić information content (AvgIpc) is 3.30. The standard InChI is InChI=1S/C25H24ClN5O/c26-20-10-8-19(9-11-20)22-15-23(31(30-22)25-27-13-4-14-28-25)24-16-29-21(17-32-24)12-7-18-5-2-1-3-6-18/h1-6,8-11,13-15,21,24,29H,7,12,16-17H2. The lowest BCUT2D eigenvalue weighted by atomic mass is 10.0. The summed E-state index contributed by atoms with van der Waals surface area (Å²) in [5, 5.41) is 9.14. The minimum atomic E-state index is -0.139. The van der Waals surface area contributed by atoms with Crippen LogP contribution in [0, 0.1) is 0 Å². The van der Waals surface area contributed by atoms with Crippen LogP contribution in [0.5, 0.6) is 0 Å². The van der Waals surface area contributed by atoms with E-state index >= 15 is 0 Å². The number of morpholine rings is 1. The summed E-state index contributed by atoms with van der Waals surface area (Å²) in [5.74, 6) is 0.525. The molecule has 1 aliphatic rings. The van der Waals surface area contributed by atoms with Gasteiger partial charge in [0.2, 0.25) is 0 Å². The largest absolute Gasteiger partial charge is 0.369 e. The second-order valence-electron chi connectivity index (χ2n) is 7.87. The highest BCUT2D eigenvalue weighted by atomic mass is 35.5. The van der Waals surface area contributed by atoms with Crippen LogP contribution in [0.3, 0.4) is 0 Å². The molecule has 3 heterocycles. The minimum absolute atomic E-state index is 0.139. The van der Waals surface area contributed by atoms with E-state index in [-0.39, 0.29) is 6.10 Å². The third kappa shape index (κ3) is 4.72. The molecular formula is C25H24ClN5O. The fourth-order valence-corrected chi connectivity index (χ4v) is 4.06. The van der Waals surface area contributed by atoms with Crippen molar-refractivity contribution in [3.63, 3.8) is 0 Å². The maximum atomic E-state index is 6.30. The van der Waals surface area contributed by atoms with Gasteiger partial charge in [0, 0.05) is 35.6 Å². The first kappa shape index (κ1) is 20.8. The number of aromatic nitrogens is 4. The number of nitrogens with one attached hydrogen (secondary N) is 1. The van der Waals surface area contributed by atoms with Crippen LogP contribution in [0.25, 0.3) is 17.2 Å². The summed E-state index contributed by atoms with van der Waals surface area (Å²) in [5.41, 5.74) is 4.09. The first-order valence-electron chi connectivity index (χ1n) is 10.8. The lowest BCUT2D eigenvalue weighted by Crippen LogP contribution is -2.43. The van der Waals surface area contributed by atoms with Crippen molar-refractivity contribution >= 4 is 11.6 Å². The molecule has 0 aliphatic carbocycles. The van der Waals surface area contributed by atoms with Crippen molar-refractivity contribution in [2.45, 2.75) is 25.0 Å². The van der Waals surface area contributed by atoms with E-state index in [1.54, 1.807) is 23.1 Å². The predicted octanol–water partition coefficient (Wildman–Crippen LogP) is 4.65. The number of aryl methyl sites for hydroxylation is 1. The minimum Gasteiger partial charge on any atom is -0.369 e. The van der Waals surface area contributed by atoms with E-state index in [0.717, 1.165) is 29.8 Å². The zero-order chi connectivity index (χ0) is 21.8. The van der Waals surface area contributed by atoms with Gasteiger partial charge in [0.05, 0.1) is 18.0 Å². The van der Waals surface area contributed by atoms with Crippen LogP contribution >= 0.6 is 11.6 Å². The van der Waals surface area contributed by atoms with Crippen LogP contribution in [0.4, 0.5) is 0 Å². The Morgan fingerprint density at radius 3 is 2.50 bits per heavy atom. The summed E-state index contributed by atoms with van der Waals surface area (Å²) in [6.07, 6.45) is 5.36. The Morgan fingerprint density at radius 1 is 1.00 bits per heavy atom. The molecule has 5 rings (SSSR count). The molecule has 0 amide bonds. The van der Waals surface area contributed by atoms with Crippen molar-refractivity contribution in [1.29, 1.82) is 0 Å². The molecule has 2 atom stereocenters. The number of nitrogens with zero attached hydrogens (tertiary/aromatic N) is 4. The van der Waals surface area contributed by atoms with Gasteiger partial charge in [-0.15, -0.1) is 0 Å². The van der Waals surface area contributed by atoms with E-state index in [9.17, 15) is 0 Å². The summed E-state index contributed by atoms with van der Waals surface area (Å²) >= 11 is 6.06. The molecule has 2 unspecified atom stereocenters. The van der Waals surface area contributed by atoms with Crippen molar-refractivity contribution in [2.75, 3.05) is 13.2 Å². The van der Waals surface area contributed by atoms with Gasteiger partial charge in [0.15, 0.2) is 0 Å². The number of halogens is 1. The van der Waals surface area contributed by atoms with Crippen LogP contribution < -0.4 is 5.32 Å². The number of rotatable bonds is 6. The molecule has 32 heavy (non-hydrogen) atoms. The number of ether oxygens (including phenoxy) is 1. The van der Waals surface area contributed by atoms with Crippen molar-refractivity contribution in [2.24, 2.45) is 0 Å². The molecule has 1 aliphatic heterocycles. The molecule has 1 N–H and O–H groups in total. The summed E-state index contributed by atoms with van der Waals surface area (Å²) in [6.45, 7) is 1.35. The van der Waals surface area contributed by atoms with E-state index in [2.05, 4.69) is 45.6 Å². The van der Waals surface area contributed by atoms with E-state index in [0.29, 0.717) is 30.2 Å². The Hall–Kier alpha value is -3.06. The predicted molar refractivity (Wildman–Crippen MR) is 125 cm³/mol. The summed E-state index contributed by atoms with van der Waals surface area (Å²) in [7, 11) is 0. The summed E-state index contributed by atoms with van der Waals surface area (Å²) < 4.78 is 8.07. The highest BCUT2D eigenvalue weighted by Gasteiger charge is 2.27. The van der Waals surface area contributed by atoms with E-state index in [4.69, 9.17) is 21.4 Å². The van der Waals surface area contributed by atoms with Gasteiger partial charge in [-0.3, -0.25) is 0 Å². The van der Waals surface area contributed by atoms with E-state index in [1.807, 2.05) is 30.3 Å². The Kier molecular flexibility index (Phi) is 6.25. The third-order valence-corrected chi connectivity index (χ3v) is 5.92. The zero-order valence-corrected chi connectivity index (χ0v) is 18.3. The molecule has 0 spiro atoms. The van der Waals surface area contributed by atoms with Crippen LogP contribution in [0.1, 0.15) is 23.8 Å². The van der Waals surface area contributed by atoms with E-state index in [1.165, 1.54) is 5.56 Å². The average molecular weight is 446 g/mol.